The molecule has 2 unspecified atom stereocenters. The molecule has 1 saturated heterocycles. The summed E-state index contributed by atoms with van der Waals surface area (Å²) in [6, 6.07) is 6.53. The molecule has 1 amide bonds. The fourth-order valence-corrected chi connectivity index (χ4v) is 3.84. The van der Waals surface area contributed by atoms with Gasteiger partial charge in [0.25, 0.3) is 0 Å². The first kappa shape index (κ1) is 16.0. The van der Waals surface area contributed by atoms with Crippen LogP contribution in [0.25, 0.3) is 0 Å². The second-order valence-electron chi connectivity index (χ2n) is 6.63. The van der Waals surface area contributed by atoms with Crippen molar-refractivity contribution < 1.29 is 14.3 Å². The summed E-state index contributed by atoms with van der Waals surface area (Å²) >= 11 is 0. The molecule has 1 aromatic rings. The number of carbonyl (C=O) groups excluding carboxylic acids is 2. The van der Waals surface area contributed by atoms with Gasteiger partial charge in [0.1, 0.15) is 0 Å². The molecule has 0 aromatic heterocycles. The van der Waals surface area contributed by atoms with E-state index in [1.807, 2.05) is 4.90 Å². The minimum absolute atomic E-state index is 0.0255. The maximum Gasteiger partial charge on any atom is 0.306 e. The summed E-state index contributed by atoms with van der Waals surface area (Å²) in [5.74, 6) is 0.0601. The number of esters is 1. The highest BCUT2D eigenvalue weighted by Crippen LogP contribution is 2.45. The Labute approximate surface area is 137 Å². The molecule has 2 heterocycles. The van der Waals surface area contributed by atoms with Gasteiger partial charge in [0.2, 0.25) is 5.91 Å². The number of carbonyl (C=O) groups is 2. The van der Waals surface area contributed by atoms with Crippen molar-refractivity contribution in [2.75, 3.05) is 32.1 Å². The van der Waals surface area contributed by atoms with Crippen LogP contribution in [0.2, 0.25) is 0 Å². The molecule has 0 bridgehead atoms. The number of hydrogen-bond acceptors (Lipinski definition) is 4. The molecule has 1 fully saturated rings. The lowest BCUT2D eigenvalue weighted by Gasteiger charge is -2.36. The summed E-state index contributed by atoms with van der Waals surface area (Å²) in [5, 5.41) is 0. The van der Waals surface area contributed by atoms with Crippen LogP contribution in [-0.2, 0) is 14.3 Å². The molecule has 0 spiro atoms. The minimum atomic E-state index is -0.332. The molecule has 23 heavy (non-hydrogen) atoms. The van der Waals surface area contributed by atoms with Crippen LogP contribution in [-0.4, -0.2) is 50.1 Å². The second kappa shape index (κ2) is 6.32. The normalized spacial score (nSPS) is 23.3. The number of methoxy groups -OCH3 is 1. The molecule has 1 aromatic carbocycles. The summed E-state index contributed by atoms with van der Waals surface area (Å²) in [7, 11) is 3.49. The van der Waals surface area contributed by atoms with Gasteiger partial charge >= 0.3 is 5.97 Å². The second-order valence-corrected chi connectivity index (χ2v) is 6.63. The average Bonchev–Trinajstić information content (AvgIpc) is 2.85. The van der Waals surface area contributed by atoms with E-state index in [0.29, 0.717) is 5.92 Å². The lowest BCUT2D eigenvalue weighted by molar-refractivity contribution is -0.141. The highest BCUT2D eigenvalue weighted by atomic mass is 16.5. The van der Waals surface area contributed by atoms with Crippen molar-refractivity contribution in [1.29, 1.82) is 0 Å². The van der Waals surface area contributed by atoms with E-state index in [4.69, 9.17) is 0 Å². The van der Waals surface area contributed by atoms with Gasteiger partial charge in [-0.1, -0.05) is 17.7 Å². The molecule has 5 nitrogen and oxygen atoms in total. The van der Waals surface area contributed by atoms with Crippen LogP contribution in [0.1, 0.15) is 36.3 Å². The summed E-state index contributed by atoms with van der Waals surface area (Å²) in [5.41, 5.74) is 3.52. The molecule has 2 aliphatic heterocycles. The fourth-order valence-electron chi connectivity index (χ4n) is 3.84. The number of fused-ring (bicyclic) bond motifs is 3. The largest absolute Gasteiger partial charge is 0.469 e. The van der Waals surface area contributed by atoms with E-state index in [1.165, 1.54) is 18.2 Å². The van der Waals surface area contributed by atoms with Crippen LogP contribution in [0.3, 0.4) is 0 Å². The summed E-state index contributed by atoms with van der Waals surface area (Å²) in [6.45, 7) is 4.06. The number of nitrogens with zero attached hydrogens (tertiary/aromatic N) is 2. The topological polar surface area (TPSA) is 49.9 Å². The van der Waals surface area contributed by atoms with E-state index in [-0.39, 0.29) is 30.8 Å². The molecule has 124 valence electrons. The predicted octanol–water partition coefficient (Wildman–Crippen LogP) is 2.08. The van der Waals surface area contributed by atoms with E-state index >= 15 is 0 Å². The molecule has 3 rings (SSSR count). The van der Waals surface area contributed by atoms with Gasteiger partial charge in [-0.2, -0.15) is 0 Å². The number of likely N-dealkylation sites (tertiary alicyclic amines) is 1. The number of benzene rings is 1. The smallest absolute Gasteiger partial charge is 0.306 e. The van der Waals surface area contributed by atoms with Gasteiger partial charge in [0.05, 0.1) is 13.5 Å². The van der Waals surface area contributed by atoms with Crippen LogP contribution in [0, 0.1) is 6.92 Å². The number of piperidine rings is 1. The van der Waals surface area contributed by atoms with E-state index in [2.05, 4.69) is 41.8 Å². The van der Waals surface area contributed by atoms with E-state index < -0.39 is 0 Å². The molecule has 0 aliphatic carbocycles. The zero-order valence-corrected chi connectivity index (χ0v) is 14.0. The third kappa shape index (κ3) is 2.98. The third-order valence-electron chi connectivity index (χ3n) is 4.99. The molecular formula is C18H24N2O3. The molecule has 0 saturated carbocycles. The van der Waals surface area contributed by atoms with Gasteiger partial charge in [-0.05, 0) is 38.6 Å². The van der Waals surface area contributed by atoms with Crippen molar-refractivity contribution in [1.82, 2.24) is 4.90 Å². The highest BCUT2D eigenvalue weighted by Gasteiger charge is 2.43. The Morgan fingerprint density at radius 3 is 2.83 bits per heavy atom. The van der Waals surface area contributed by atoms with Crippen LogP contribution < -0.4 is 4.90 Å². The zero-order valence-electron chi connectivity index (χ0n) is 14.0. The van der Waals surface area contributed by atoms with Crippen molar-refractivity contribution in [3.63, 3.8) is 0 Å². The minimum Gasteiger partial charge on any atom is -0.469 e. The molecule has 0 N–H and O–H groups in total. The fraction of sp³-hybridized carbons (Fsp3) is 0.556. The monoisotopic (exact) mass is 316 g/mol. The van der Waals surface area contributed by atoms with Crippen molar-refractivity contribution in [2.24, 2.45) is 0 Å². The molecule has 2 aliphatic rings. The molecular weight excluding hydrogens is 292 g/mol. The molecule has 5 heteroatoms. The number of ether oxygens (including phenoxy) is 1. The highest BCUT2D eigenvalue weighted by molar-refractivity contribution is 5.98. The standard InChI is InChI=1S/C18H24N2O3/c1-12-4-5-15-13(10-12)14-11-19(2)9-8-16(14)20(15)17(21)6-7-18(22)23-3/h4-5,10,14,16H,6-9,11H2,1-3H3. The van der Waals surface area contributed by atoms with Crippen LogP contribution >= 0.6 is 0 Å². The van der Waals surface area contributed by atoms with Crippen molar-refractivity contribution in [2.45, 2.75) is 38.1 Å². The Morgan fingerprint density at radius 2 is 2.09 bits per heavy atom. The predicted molar refractivity (Wildman–Crippen MR) is 88.6 cm³/mol. The number of anilines is 1. The van der Waals surface area contributed by atoms with Gasteiger partial charge in [-0.25, -0.2) is 0 Å². The summed E-state index contributed by atoms with van der Waals surface area (Å²) in [6.07, 6.45) is 1.32. The Hall–Kier alpha value is -1.88. The number of amides is 1. The Kier molecular flexibility index (Phi) is 4.39. The van der Waals surface area contributed by atoms with E-state index in [1.54, 1.807) is 0 Å². The lowest BCUT2D eigenvalue weighted by Crippen LogP contribution is -2.47. The molecule has 2 atom stereocenters. The van der Waals surface area contributed by atoms with Gasteiger partial charge < -0.3 is 14.5 Å². The summed E-state index contributed by atoms with van der Waals surface area (Å²) < 4.78 is 4.65. The van der Waals surface area contributed by atoms with Crippen molar-refractivity contribution in [3.05, 3.63) is 29.3 Å². The van der Waals surface area contributed by atoms with Crippen molar-refractivity contribution in [3.8, 4) is 0 Å². The Bertz CT molecular complexity index is 629. The SMILES string of the molecule is COC(=O)CCC(=O)N1c2ccc(C)cc2C2CN(C)CCC21. The van der Waals surface area contributed by atoms with E-state index in [9.17, 15) is 9.59 Å². The van der Waals surface area contributed by atoms with Gasteiger partial charge in [0.15, 0.2) is 0 Å². The van der Waals surface area contributed by atoms with E-state index in [0.717, 1.165) is 25.2 Å². The van der Waals surface area contributed by atoms with Crippen LogP contribution in [0.15, 0.2) is 18.2 Å². The lowest BCUT2D eigenvalue weighted by atomic mass is 9.89. The first-order valence-corrected chi connectivity index (χ1v) is 8.19. The van der Waals surface area contributed by atoms with Crippen LogP contribution in [0.4, 0.5) is 5.69 Å². The number of hydrogen-bond donors (Lipinski definition) is 0. The van der Waals surface area contributed by atoms with Gasteiger partial charge in [-0.15, -0.1) is 0 Å². The summed E-state index contributed by atoms with van der Waals surface area (Å²) in [4.78, 5) is 28.4. The first-order chi connectivity index (χ1) is 11.0. The van der Waals surface area contributed by atoms with Crippen LogP contribution in [0.5, 0.6) is 0 Å². The Morgan fingerprint density at radius 1 is 1.30 bits per heavy atom. The first-order valence-electron chi connectivity index (χ1n) is 8.19. The maximum absolute atomic E-state index is 12.8. The molecule has 0 radical (unpaired) electrons. The third-order valence-corrected chi connectivity index (χ3v) is 4.99. The Balaban J connectivity index is 1.88. The van der Waals surface area contributed by atoms with Crippen molar-refractivity contribution >= 4 is 17.6 Å². The maximum atomic E-state index is 12.8. The quantitative estimate of drug-likeness (QED) is 0.801. The zero-order chi connectivity index (χ0) is 16.6. The number of aryl methyl sites for hydroxylation is 1. The number of rotatable bonds is 3. The average molecular weight is 316 g/mol. The van der Waals surface area contributed by atoms with Gasteiger partial charge in [0, 0.05) is 30.6 Å². The van der Waals surface area contributed by atoms with Gasteiger partial charge in [-0.3, -0.25) is 9.59 Å². The number of likely N-dealkylation sites (N-methyl/N-ethyl adjacent to an activating group) is 1.